The number of alkyl halides is 3. The Morgan fingerprint density at radius 2 is 1.68 bits per heavy atom. The number of nitrogens with one attached hydrogen (secondary N) is 1. The first-order valence-electron chi connectivity index (χ1n) is 20.8. The number of imidazole rings is 1. The summed E-state index contributed by atoms with van der Waals surface area (Å²) in [6.07, 6.45) is -6.36. The zero-order valence-electron chi connectivity index (χ0n) is 35.9. The zero-order chi connectivity index (χ0) is 45.8. The van der Waals surface area contributed by atoms with Crippen molar-refractivity contribution < 1.29 is 42.2 Å². The van der Waals surface area contributed by atoms with Gasteiger partial charge in [0.25, 0.3) is 0 Å². The third-order valence-corrected chi connectivity index (χ3v) is 12.4. The smallest absolute Gasteiger partial charge is 0.389 e. The van der Waals surface area contributed by atoms with Gasteiger partial charge < -0.3 is 34.4 Å². The van der Waals surface area contributed by atoms with E-state index in [0.717, 1.165) is 27.5 Å². The Bertz CT molecular complexity index is 2290. The van der Waals surface area contributed by atoms with Gasteiger partial charge in [-0.05, 0) is 101 Å². The fourth-order valence-corrected chi connectivity index (χ4v) is 8.75. The van der Waals surface area contributed by atoms with Crippen LogP contribution in [0.15, 0.2) is 72.9 Å². The van der Waals surface area contributed by atoms with Crippen LogP contribution in [0.25, 0.3) is 11.3 Å². The Morgan fingerprint density at radius 3 is 2.33 bits per heavy atom. The Morgan fingerprint density at radius 1 is 1.00 bits per heavy atom. The van der Waals surface area contributed by atoms with Crippen molar-refractivity contribution >= 4 is 46.7 Å². The molecule has 17 heteroatoms. The van der Waals surface area contributed by atoms with E-state index >= 15 is 0 Å². The van der Waals surface area contributed by atoms with Crippen LogP contribution in [0.2, 0.25) is 10.0 Å². The van der Waals surface area contributed by atoms with E-state index in [1.165, 1.54) is 24.8 Å². The number of benzene rings is 3. The number of aliphatic hydroxyl groups excluding tert-OH is 1. The summed E-state index contributed by atoms with van der Waals surface area (Å²) < 4.78 is 51.2. The second kappa shape index (κ2) is 19.8. The van der Waals surface area contributed by atoms with E-state index in [4.69, 9.17) is 27.9 Å². The van der Waals surface area contributed by atoms with Crippen LogP contribution in [0, 0.1) is 11.8 Å². The first-order valence-corrected chi connectivity index (χ1v) is 21.6. The van der Waals surface area contributed by atoms with E-state index in [2.05, 4.69) is 10.3 Å². The van der Waals surface area contributed by atoms with Gasteiger partial charge in [0.1, 0.15) is 17.3 Å². The van der Waals surface area contributed by atoms with Crippen molar-refractivity contribution in [2.45, 2.75) is 89.3 Å². The number of aromatic nitrogens is 2. The van der Waals surface area contributed by atoms with Crippen molar-refractivity contribution in [1.82, 2.24) is 29.6 Å². The normalized spacial score (nSPS) is 22.3. The summed E-state index contributed by atoms with van der Waals surface area (Å²) in [6.45, 7) is 3.08. The van der Waals surface area contributed by atoms with Gasteiger partial charge in [-0.1, -0.05) is 41.4 Å². The van der Waals surface area contributed by atoms with E-state index in [1.807, 2.05) is 42.7 Å². The lowest BCUT2D eigenvalue weighted by atomic mass is 9.81. The Kier molecular flexibility index (Phi) is 15.0. The Labute approximate surface area is 375 Å². The number of ketones is 1. The number of halogens is 5. The molecule has 2 fully saturated rings. The minimum Gasteiger partial charge on any atom is -0.457 e. The average molecular weight is 914 g/mol. The van der Waals surface area contributed by atoms with Gasteiger partial charge in [-0.25, -0.2) is 4.98 Å². The number of rotatable bonds is 11. The largest absolute Gasteiger partial charge is 0.457 e. The predicted octanol–water partition coefficient (Wildman–Crippen LogP) is 7.61. The van der Waals surface area contributed by atoms with Crippen LogP contribution in [-0.2, 0) is 45.7 Å². The minimum absolute atomic E-state index is 0.101. The summed E-state index contributed by atoms with van der Waals surface area (Å²) in [6, 6.07) is 17.4. The van der Waals surface area contributed by atoms with E-state index in [-0.39, 0.29) is 31.8 Å². The maximum atomic E-state index is 14.5. The van der Waals surface area contributed by atoms with Crippen LogP contribution in [0.5, 0.6) is 11.5 Å². The van der Waals surface area contributed by atoms with Crippen LogP contribution >= 0.6 is 23.2 Å². The van der Waals surface area contributed by atoms with E-state index in [0.29, 0.717) is 40.7 Å². The molecule has 5 atom stereocenters. The Hall–Kier alpha value is -4.96. The highest BCUT2D eigenvalue weighted by Gasteiger charge is 2.46. The molecule has 63 heavy (non-hydrogen) atoms. The maximum absolute atomic E-state index is 14.5. The molecule has 3 aromatic carbocycles. The number of Topliss-reactive ketones (excluding diaryl/α,β-unsaturated/α-hetero) is 1. The van der Waals surface area contributed by atoms with Crippen molar-refractivity contribution in [3.05, 3.63) is 99.9 Å². The molecule has 3 amide bonds. The van der Waals surface area contributed by atoms with Gasteiger partial charge in [-0.15, -0.1) is 0 Å². The molecule has 2 bridgehead atoms. The molecule has 0 saturated carbocycles. The number of piperidine rings is 1. The first-order chi connectivity index (χ1) is 29.7. The summed E-state index contributed by atoms with van der Waals surface area (Å²) in [5, 5.41) is 14.7. The van der Waals surface area contributed by atoms with E-state index < -0.39 is 78.5 Å². The fraction of sp³-hybridized carbons (Fsp3) is 0.457. The lowest BCUT2D eigenvalue weighted by Gasteiger charge is -2.45. The van der Waals surface area contributed by atoms with Crippen LogP contribution in [0.4, 0.5) is 13.2 Å². The maximum Gasteiger partial charge on any atom is 0.389 e. The standard InChI is InChI=1S/C46H53Cl2F3N6O6/c1-28-39(59)21-37(29(2)58)43(61)53-45(22-30-7-12-34(47)13-8-30)17-6-18-56(27-45)44(62)33(23-46(49,50)51)19-42(60)57(28)25-32-9-14-35(48)20-40(32)63-36-15-10-31(11-16-36)38-24-52-41(55(38)5)26-54(3)4/h7-16,20,24,28-29,33,37,58H,6,17-19,21-23,25-27H2,1-5H3,(H,53,61)/t28-,29+,33-,37-,45+/m0/s1. The Balaban J connectivity index is 1.33. The molecule has 0 radical (unpaired) electrons. The van der Waals surface area contributed by atoms with Gasteiger partial charge in [0, 0.05) is 54.2 Å². The topological polar surface area (TPSA) is 137 Å². The first kappa shape index (κ1) is 47.5. The quantitative estimate of drug-likeness (QED) is 0.157. The molecule has 2 saturated heterocycles. The number of nitrogens with zero attached hydrogens (tertiary/aromatic N) is 5. The van der Waals surface area contributed by atoms with Crippen molar-refractivity contribution in [3.63, 3.8) is 0 Å². The molecule has 3 heterocycles. The second-order valence-electron chi connectivity index (χ2n) is 17.1. The summed E-state index contributed by atoms with van der Waals surface area (Å²) in [5.41, 5.74) is 1.71. The van der Waals surface area contributed by atoms with Gasteiger partial charge in [-0.3, -0.25) is 19.2 Å². The molecular weight excluding hydrogens is 860 g/mol. The van der Waals surface area contributed by atoms with Crippen LogP contribution in [0.3, 0.4) is 0 Å². The number of amides is 3. The molecule has 2 aliphatic heterocycles. The second-order valence-corrected chi connectivity index (χ2v) is 18.0. The number of aliphatic hydroxyl groups is 1. The van der Waals surface area contributed by atoms with Crippen LogP contribution < -0.4 is 10.1 Å². The third kappa shape index (κ3) is 12.0. The molecule has 0 unspecified atom stereocenters. The van der Waals surface area contributed by atoms with Gasteiger partial charge in [-0.2, -0.15) is 13.2 Å². The van der Waals surface area contributed by atoms with Gasteiger partial charge >= 0.3 is 6.18 Å². The monoisotopic (exact) mass is 912 g/mol. The van der Waals surface area contributed by atoms with Crippen LogP contribution in [-0.4, -0.2) is 104 Å². The fourth-order valence-electron chi connectivity index (χ4n) is 8.46. The SMILES string of the molecule is C[C@@H](O)[C@@H]1CC(=O)[C@H](C)N(Cc2ccc(Cl)cc2Oc2ccc(-c3cnc(CN(C)C)n3C)cc2)C(=O)C[C@@H](CC(F)(F)F)C(=O)N2CCC[C@@](Cc3ccc(Cl)cc3)(C2)NC1=O. The molecule has 4 aromatic rings. The summed E-state index contributed by atoms with van der Waals surface area (Å²) in [5.74, 6) is -4.63. The van der Waals surface area contributed by atoms with Gasteiger partial charge in [0.2, 0.25) is 17.7 Å². The molecule has 6 rings (SSSR count). The average Bonchev–Trinajstić information content (AvgIpc) is 3.57. The lowest BCUT2D eigenvalue weighted by molar-refractivity contribution is -0.164. The van der Waals surface area contributed by atoms with E-state index in [1.54, 1.807) is 54.7 Å². The van der Waals surface area contributed by atoms with Crippen molar-refractivity contribution in [1.29, 1.82) is 0 Å². The molecule has 0 spiro atoms. The molecule has 0 aliphatic carbocycles. The summed E-state index contributed by atoms with van der Waals surface area (Å²) >= 11 is 12.6. The predicted molar refractivity (Wildman–Crippen MR) is 233 cm³/mol. The molecule has 338 valence electrons. The minimum atomic E-state index is -4.81. The number of hydrogen-bond acceptors (Lipinski definition) is 8. The number of carbonyl (C=O) groups is 4. The molecular formula is C46H53Cl2F3N6O6. The highest BCUT2D eigenvalue weighted by molar-refractivity contribution is 6.31. The highest BCUT2D eigenvalue weighted by Crippen LogP contribution is 2.36. The van der Waals surface area contributed by atoms with Gasteiger partial charge in [0.05, 0.1) is 60.9 Å². The molecule has 2 N–H and O–H groups in total. The number of ether oxygens (including phenoxy) is 1. The highest BCUT2D eigenvalue weighted by atomic mass is 35.5. The molecule has 1 aromatic heterocycles. The summed E-state index contributed by atoms with van der Waals surface area (Å²) in [4.78, 5) is 66.2. The van der Waals surface area contributed by atoms with Crippen LogP contribution in [0.1, 0.15) is 62.9 Å². The number of carbonyl (C=O) groups excluding carboxylic acids is 4. The molecule has 2 aliphatic rings. The number of fused-ring (bicyclic) bond motifs is 2. The third-order valence-electron chi connectivity index (χ3n) is 11.9. The van der Waals surface area contributed by atoms with Crippen molar-refractivity contribution in [2.75, 3.05) is 27.2 Å². The van der Waals surface area contributed by atoms with Gasteiger partial charge in [0.15, 0.2) is 5.78 Å². The molecule has 12 nitrogen and oxygen atoms in total. The van der Waals surface area contributed by atoms with Crippen molar-refractivity contribution in [2.24, 2.45) is 18.9 Å². The lowest BCUT2D eigenvalue weighted by Crippen LogP contribution is -2.63. The summed E-state index contributed by atoms with van der Waals surface area (Å²) in [7, 11) is 5.85. The zero-order valence-corrected chi connectivity index (χ0v) is 37.4. The van der Waals surface area contributed by atoms with Crippen molar-refractivity contribution in [3.8, 4) is 22.8 Å². The number of hydrogen-bond donors (Lipinski definition) is 2. The van der Waals surface area contributed by atoms with E-state index in [9.17, 15) is 37.5 Å².